The minimum Gasteiger partial charge on any atom is -0.481 e. The van der Waals surface area contributed by atoms with Crippen LogP contribution in [0.15, 0.2) is 41.8 Å². The van der Waals surface area contributed by atoms with Gasteiger partial charge in [-0.3, -0.25) is 24.0 Å². The molecule has 6 N–H and O–H groups in total. The van der Waals surface area contributed by atoms with Crippen LogP contribution >= 0.6 is 11.9 Å². The summed E-state index contributed by atoms with van der Waals surface area (Å²) in [6, 6.07) is 7.37. The fourth-order valence-corrected chi connectivity index (χ4v) is 5.05. The number of unbranched alkanes of at least 4 members (excludes halogenated alkanes) is 1. The molecule has 12 heteroatoms. The number of primary amides is 1. The molecule has 216 valence electrons. The Bertz CT molecular complexity index is 973. The summed E-state index contributed by atoms with van der Waals surface area (Å²) in [6.45, 7) is 6.79. The van der Waals surface area contributed by atoms with E-state index in [2.05, 4.69) is 21.5 Å². The minimum atomic E-state index is -1.06. The van der Waals surface area contributed by atoms with Crippen LogP contribution in [-0.4, -0.2) is 83.2 Å². The van der Waals surface area contributed by atoms with Gasteiger partial charge in [0.1, 0.15) is 6.04 Å². The maximum atomic E-state index is 12.1. The van der Waals surface area contributed by atoms with E-state index in [0.717, 1.165) is 60.8 Å². The molecule has 1 aromatic rings. The summed E-state index contributed by atoms with van der Waals surface area (Å²) in [5.41, 5.74) is 6.01. The number of para-hydroxylation sites is 1. The van der Waals surface area contributed by atoms with Crippen molar-refractivity contribution in [3.63, 3.8) is 0 Å². The number of anilines is 1. The molecule has 1 aliphatic carbocycles. The van der Waals surface area contributed by atoms with Crippen LogP contribution < -0.4 is 15.8 Å². The summed E-state index contributed by atoms with van der Waals surface area (Å²) in [7, 11) is 2.03. The predicted molar refractivity (Wildman–Crippen MR) is 151 cm³/mol. The molecule has 3 atom stereocenters. The number of carbonyl (C=O) groups excluding carboxylic acids is 2. The maximum absolute atomic E-state index is 12.1. The highest BCUT2D eigenvalue weighted by Gasteiger charge is 2.40. The lowest BCUT2D eigenvalue weighted by Crippen LogP contribution is -2.42. The molecule has 3 amide bonds. The Morgan fingerprint density at radius 2 is 1.90 bits per heavy atom. The lowest BCUT2D eigenvalue weighted by molar-refractivity contribution is -0.137. The van der Waals surface area contributed by atoms with Crippen molar-refractivity contribution in [3.05, 3.63) is 36.9 Å². The van der Waals surface area contributed by atoms with Crippen LogP contribution in [0.25, 0.3) is 0 Å². The second kappa shape index (κ2) is 16.7. The molecular formula is C27H41N5O6S. The second-order valence-corrected chi connectivity index (χ2v) is 10.6. The molecule has 11 nitrogen and oxygen atoms in total. The first-order chi connectivity index (χ1) is 18.6. The van der Waals surface area contributed by atoms with E-state index >= 15 is 0 Å². The summed E-state index contributed by atoms with van der Waals surface area (Å²) in [4.78, 5) is 48.0. The quantitative estimate of drug-likeness (QED) is 0.122. The highest BCUT2D eigenvalue weighted by atomic mass is 32.2. The highest BCUT2D eigenvalue weighted by Crippen LogP contribution is 2.40. The van der Waals surface area contributed by atoms with Crippen molar-refractivity contribution in [1.82, 2.24) is 14.5 Å². The van der Waals surface area contributed by atoms with Crippen molar-refractivity contribution in [2.24, 2.45) is 17.6 Å². The third-order valence-electron chi connectivity index (χ3n) is 6.67. The average molecular weight is 564 g/mol. The van der Waals surface area contributed by atoms with Crippen LogP contribution in [0.5, 0.6) is 0 Å². The van der Waals surface area contributed by atoms with Crippen molar-refractivity contribution in [1.29, 1.82) is 0 Å². The topological polar surface area (TPSA) is 165 Å². The first-order valence-electron chi connectivity index (χ1n) is 13.2. The number of allylic oxidation sites excluding steroid dienone is 1. The van der Waals surface area contributed by atoms with Crippen LogP contribution in [0, 0.1) is 11.8 Å². The Kier molecular flexibility index (Phi) is 13.7. The number of amides is 3. The third-order valence-corrected chi connectivity index (χ3v) is 7.55. The van der Waals surface area contributed by atoms with Gasteiger partial charge < -0.3 is 26.2 Å². The molecule has 2 unspecified atom stereocenters. The number of likely N-dealkylation sites (tertiary alicyclic amines) is 1. The molecule has 1 aliphatic heterocycles. The third kappa shape index (κ3) is 11.6. The molecule has 1 saturated carbocycles. The molecule has 0 bridgehead atoms. The van der Waals surface area contributed by atoms with Gasteiger partial charge in [-0.25, -0.2) is 4.79 Å². The van der Waals surface area contributed by atoms with Gasteiger partial charge in [0, 0.05) is 31.1 Å². The molecule has 2 fully saturated rings. The highest BCUT2D eigenvalue weighted by molar-refractivity contribution is 7.98. The fourth-order valence-electron chi connectivity index (χ4n) is 4.29. The largest absolute Gasteiger partial charge is 0.481 e. The first-order valence-corrected chi connectivity index (χ1v) is 14.1. The Hall–Kier alpha value is -3.25. The summed E-state index contributed by atoms with van der Waals surface area (Å²) < 4.78 is 2.95. The van der Waals surface area contributed by atoms with Gasteiger partial charge in [0.2, 0.25) is 11.8 Å². The molecule has 1 saturated heterocycles. The van der Waals surface area contributed by atoms with E-state index < -0.39 is 24.0 Å². The lowest BCUT2D eigenvalue weighted by Gasteiger charge is -2.17. The predicted octanol–water partition coefficient (Wildman–Crippen LogP) is 3.23. The number of carbonyl (C=O) groups is 4. The zero-order chi connectivity index (χ0) is 28.8. The number of hydrogen-bond acceptors (Lipinski definition) is 7. The summed E-state index contributed by atoms with van der Waals surface area (Å²) in [5.74, 6) is -0.794. The molecule has 1 aromatic carbocycles. The second-order valence-electron chi connectivity index (χ2n) is 9.78. The van der Waals surface area contributed by atoms with Crippen LogP contribution in [0.3, 0.4) is 0 Å². The molecule has 0 radical (unpaired) electrons. The monoisotopic (exact) mass is 563 g/mol. The number of nitrogens with one attached hydrogen (secondary N) is 2. The van der Waals surface area contributed by atoms with Crippen molar-refractivity contribution in [2.45, 2.75) is 55.9 Å². The van der Waals surface area contributed by atoms with Crippen LogP contribution in [0.1, 0.15) is 44.9 Å². The van der Waals surface area contributed by atoms with Crippen molar-refractivity contribution in [2.75, 3.05) is 38.5 Å². The Labute approximate surface area is 234 Å². The van der Waals surface area contributed by atoms with Gasteiger partial charge in [-0.2, -0.15) is 0 Å². The standard InChI is InChI=1S/C21H31N3O3S.C6H10N2O3/c1-3-16-15-17(16)21(27)23-28-19-10-5-4-9-18(19)22-12-6-7-13-24(2)14-8-11-20(25)26;7-5(9)4-2-1-3-8(4)6(10)11/h3-5,9-10,16-17,22H,1,6-8,11-15H2,2H3,(H,23,27)(H,25,26);4H,1-3H2,(H2,7,9)(H,10,11)/t16-,17?;/m1./s1. The molecule has 3 rings (SSSR count). The Balaban J connectivity index is 0.000000404. The van der Waals surface area contributed by atoms with Crippen molar-refractivity contribution >= 4 is 41.5 Å². The first kappa shape index (κ1) is 32.0. The number of carboxylic acid groups (broad SMARTS) is 2. The van der Waals surface area contributed by atoms with Gasteiger partial charge in [0.25, 0.3) is 0 Å². The van der Waals surface area contributed by atoms with Gasteiger partial charge in [-0.15, -0.1) is 6.58 Å². The number of hydrogen-bond donors (Lipinski definition) is 5. The lowest BCUT2D eigenvalue weighted by atomic mass is 10.2. The summed E-state index contributed by atoms with van der Waals surface area (Å²) >= 11 is 1.36. The summed E-state index contributed by atoms with van der Waals surface area (Å²) in [6.07, 6.45) is 5.97. The number of carboxylic acids is 1. The fraction of sp³-hybridized carbons (Fsp3) is 0.556. The number of benzene rings is 1. The van der Waals surface area contributed by atoms with E-state index in [-0.39, 0.29) is 18.2 Å². The maximum Gasteiger partial charge on any atom is 0.407 e. The van der Waals surface area contributed by atoms with Crippen LogP contribution in [0.2, 0.25) is 0 Å². The van der Waals surface area contributed by atoms with Gasteiger partial charge in [-0.1, -0.05) is 18.2 Å². The smallest absolute Gasteiger partial charge is 0.407 e. The number of aliphatic carboxylic acids is 1. The zero-order valence-electron chi connectivity index (χ0n) is 22.5. The van der Waals surface area contributed by atoms with E-state index in [1.807, 2.05) is 37.4 Å². The Morgan fingerprint density at radius 1 is 1.18 bits per heavy atom. The van der Waals surface area contributed by atoms with Gasteiger partial charge in [0.15, 0.2) is 0 Å². The normalized spacial score (nSPS) is 19.5. The van der Waals surface area contributed by atoms with E-state index in [1.54, 1.807) is 0 Å². The van der Waals surface area contributed by atoms with Crippen LogP contribution in [-0.2, 0) is 14.4 Å². The molecular weight excluding hydrogens is 522 g/mol. The van der Waals surface area contributed by atoms with E-state index in [4.69, 9.17) is 15.9 Å². The number of rotatable bonds is 15. The van der Waals surface area contributed by atoms with Gasteiger partial charge in [0.05, 0.1) is 4.90 Å². The van der Waals surface area contributed by atoms with Crippen molar-refractivity contribution < 1.29 is 29.4 Å². The van der Waals surface area contributed by atoms with E-state index in [9.17, 15) is 19.2 Å². The van der Waals surface area contributed by atoms with Gasteiger partial charge >= 0.3 is 12.1 Å². The van der Waals surface area contributed by atoms with Crippen molar-refractivity contribution in [3.8, 4) is 0 Å². The van der Waals surface area contributed by atoms with Gasteiger partial charge in [-0.05, 0) is 88.7 Å². The van der Waals surface area contributed by atoms with Crippen LogP contribution in [0.4, 0.5) is 10.5 Å². The molecule has 39 heavy (non-hydrogen) atoms. The SMILES string of the molecule is C=C[C@@H]1CC1C(=O)NSc1ccccc1NCCCCN(C)CCCC(=O)O.NC(=O)C1CCCN1C(=O)O. The molecule has 0 spiro atoms. The molecule has 1 heterocycles. The summed E-state index contributed by atoms with van der Waals surface area (Å²) in [5, 5.41) is 20.7. The molecule has 0 aromatic heterocycles. The minimum absolute atomic E-state index is 0.0793. The Morgan fingerprint density at radius 3 is 2.51 bits per heavy atom. The number of nitrogens with zero attached hydrogens (tertiary/aromatic N) is 2. The molecule has 2 aliphatic rings. The number of nitrogens with two attached hydrogens (primary N) is 1. The average Bonchev–Trinajstić information content (AvgIpc) is 3.52. The van der Waals surface area contributed by atoms with E-state index in [1.165, 1.54) is 11.9 Å². The zero-order valence-corrected chi connectivity index (χ0v) is 23.3. The van der Waals surface area contributed by atoms with E-state index in [0.29, 0.717) is 25.3 Å².